The van der Waals surface area contributed by atoms with Crippen molar-refractivity contribution in [1.29, 1.82) is 0 Å². The van der Waals surface area contributed by atoms with Gasteiger partial charge >= 0.3 is 0 Å². The monoisotopic (exact) mass is 442 g/mol. The Labute approximate surface area is 180 Å². The maximum Gasteiger partial charge on any atom is 0.242 e. The van der Waals surface area contributed by atoms with Gasteiger partial charge in [0, 0.05) is 18.1 Å². The minimum Gasteiger partial charge on any atom is -0.493 e. The lowest BCUT2D eigenvalue weighted by Gasteiger charge is -2.45. The summed E-state index contributed by atoms with van der Waals surface area (Å²) in [7, 11) is 3.25. The molecule has 2 aliphatic rings. The Hall–Kier alpha value is -1.82. The topological polar surface area (TPSA) is 42.0 Å². The highest BCUT2D eigenvalue weighted by atomic mass is 35.5. The summed E-state index contributed by atoms with van der Waals surface area (Å²) < 4.78 is 10.9. The molecule has 5 nitrogen and oxygen atoms in total. The first-order chi connectivity index (χ1) is 13.0. The third-order valence-corrected chi connectivity index (χ3v) is 5.83. The largest absolute Gasteiger partial charge is 0.493 e. The Balaban J connectivity index is 0.00000225. The van der Waals surface area contributed by atoms with Gasteiger partial charge in [0.25, 0.3) is 0 Å². The van der Waals surface area contributed by atoms with Crippen molar-refractivity contribution >= 4 is 47.2 Å². The highest BCUT2D eigenvalue weighted by Gasteiger charge is 2.38. The van der Waals surface area contributed by atoms with E-state index in [1.807, 2.05) is 28.0 Å². The first-order valence-corrected chi connectivity index (χ1v) is 9.51. The lowest BCUT2D eigenvalue weighted by molar-refractivity contribution is -0.134. The average Bonchev–Trinajstić information content (AvgIpc) is 2.66. The number of ether oxygens (including phenoxy) is 2. The van der Waals surface area contributed by atoms with Gasteiger partial charge in [0.1, 0.15) is 0 Å². The molecule has 1 unspecified atom stereocenters. The number of carbonyl (C=O) groups excluding carboxylic acids is 1. The Kier molecular flexibility index (Phi) is 6.18. The third kappa shape index (κ3) is 3.59. The summed E-state index contributed by atoms with van der Waals surface area (Å²) >= 11 is 12.4. The maximum atomic E-state index is 12.8. The quantitative estimate of drug-likeness (QED) is 0.706. The molecule has 2 heterocycles. The van der Waals surface area contributed by atoms with E-state index in [0.29, 0.717) is 41.2 Å². The molecular formula is C20H21Cl3N2O3. The van der Waals surface area contributed by atoms with Crippen LogP contribution in [0.15, 0.2) is 30.3 Å². The van der Waals surface area contributed by atoms with E-state index in [1.54, 1.807) is 26.4 Å². The molecule has 2 aromatic rings. The minimum atomic E-state index is -0.0541. The number of nitrogens with zero attached hydrogens (tertiary/aromatic N) is 2. The second-order valence-corrected chi connectivity index (χ2v) is 7.58. The molecule has 8 heteroatoms. The van der Waals surface area contributed by atoms with Gasteiger partial charge in [-0.3, -0.25) is 4.79 Å². The molecule has 0 saturated carbocycles. The van der Waals surface area contributed by atoms with E-state index < -0.39 is 0 Å². The standard InChI is InChI=1S/C20H20Cl2N2O3.ClH/c1-26-18-7-12-5-6-24-17(14(12)9-19(18)27-2)10-23(11-20(24)25)16-4-3-13(21)8-15(16)22;/h3-4,7-9,17H,5-6,10-11H2,1-2H3;1H. The second kappa shape index (κ2) is 8.27. The van der Waals surface area contributed by atoms with Crippen LogP contribution >= 0.6 is 35.6 Å². The van der Waals surface area contributed by atoms with Crippen molar-refractivity contribution in [1.82, 2.24) is 4.90 Å². The van der Waals surface area contributed by atoms with Crippen molar-refractivity contribution in [2.24, 2.45) is 0 Å². The van der Waals surface area contributed by atoms with E-state index in [0.717, 1.165) is 17.7 Å². The fraction of sp³-hybridized carbons (Fsp3) is 0.350. The molecule has 0 aromatic heterocycles. The van der Waals surface area contributed by atoms with Crippen molar-refractivity contribution in [2.75, 3.05) is 38.8 Å². The molecule has 2 aromatic carbocycles. The Morgan fingerprint density at radius 3 is 2.46 bits per heavy atom. The van der Waals surface area contributed by atoms with Gasteiger partial charge in [0.2, 0.25) is 5.91 Å². The molecule has 1 fully saturated rings. The second-order valence-electron chi connectivity index (χ2n) is 6.74. The molecule has 4 rings (SSSR count). The zero-order valence-corrected chi connectivity index (χ0v) is 17.9. The zero-order chi connectivity index (χ0) is 19.1. The molecule has 28 heavy (non-hydrogen) atoms. The number of anilines is 1. The summed E-state index contributed by atoms with van der Waals surface area (Å²) in [6, 6.07) is 9.32. The molecule has 0 bridgehead atoms. The number of fused-ring (bicyclic) bond motifs is 3. The molecule has 1 atom stereocenters. The molecule has 1 saturated heterocycles. The van der Waals surface area contributed by atoms with Gasteiger partial charge in [-0.15, -0.1) is 12.4 Å². The van der Waals surface area contributed by atoms with Crippen LogP contribution in [0.2, 0.25) is 10.0 Å². The van der Waals surface area contributed by atoms with Crippen molar-refractivity contribution in [3.05, 3.63) is 51.5 Å². The highest BCUT2D eigenvalue weighted by molar-refractivity contribution is 6.36. The average molecular weight is 444 g/mol. The molecule has 0 spiro atoms. The van der Waals surface area contributed by atoms with Crippen molar-refractivity contribution < 1.29 is 14.3 Å². The molecule has 0 aliphatic carbocycles. The van der Waals surface area contributed by atoms with Gasteiger partial charge in [0.05, 0.1) is 37.5 Å². The number of halogens is 3. The lowest BCUT2D eigenvalue weighted by Crippen LogP contribution is -2.54. The van der Waals surface area contributed by atoms with Crippen LogP contribution in [0, 0.1) is 0 Å². The van der Waals surface area contributed by atoms with Crippen LogP contribution in [0.3, 0.4) is 0 Å². The lowest BCUT2D eigenvalue weighted by atomic mass is 9.90. The number of hydrogen-bond donors (Lipinski definition) is 0. The fourth-order valence-electron chi connectivity index (χ4n) is 3.97. The predicted octanol–water partition coefficient (Wildman–Crippen LogP) is 4.38. The van der Waals surface area contributed by atoms with Gasteiger partial charge < -0.3 is 19.3 Å². The van der Waals surface area contributed by atoms with Gasteiger partial charge in [-0.25, -0.2) is 0 Å². The molecule has 0 radical (unpaired) electrons. The highest BCUT2D eigenvalue weighted by Crippen LogP contribution is 2.41. The maximum absolute atomic E-state index is 12.8. The van der Waals surface area contributed by atoms with Crippen molar-refractivity contribution in [3.63, 3.8) is 0 Å². The number of piperazine rings is 1. The number of methoxy groups -OCH3 is 2. The summed E-state index contributed by atoms with van der Waals surface area (Å²) in [5.74, 6) is 1.48. The van der Waals surface area contributed by atoms with Gasteiger partial charge in [0.15, 0.2) is 11.5 Å². The molecule has 150 valence electrons. The fourth-order valence-corrected chi connectivity index (χ4v) is 4.50. The van der Waals surface area contributed by atoms with E-state index in [-0.39, 0.29) is 24.4 Å². The summed E-state index contributed by atoms with van der Waals surface area (Å²) in [4.78, 5) is 16.8. The zero-order valence-electron chi connectivity index (χ0n) is 15.6. The molecule has 0 N–H and O–H groups in total. The van der Waals surface area contributed by atoms with Crippen LogP contribution in [0.5, 0.6) is 11.5 Å². The van der Waals surface area contributed by atoms with E-state index in [1.165, 1.54) is 5.56 Å². The van der Waals surface area contributed by atoms with Crippen LogP contribution in [0.1, 0.15) is 17.2 Å². The van der Waals surface area contributed by atoms with E-state index in [9.17, 15) is 4.79 Å². The van der Waals surface area contributed by atoms with Gasteiger partial charge in [-0.2, -0.15) is 0 Å². The van der Waals surface area contributed by atoms with Gasteiger partial charge in [-0.1, -0.05) is 23.2 Å². The number of rotatable bonds is 3. The van der Waals surface area contributed by atoms with Crippen molar-refractivity contribution in [3.8, 4) is 11.5 Å². The minimum absolute atomic E-state index is 0. The number of hydrogen-bond acceptors (Lipinski definition) is 4. The van der Waals surface area contributed by atoms with Crippen LogP contribution in [-0.2, 0) is 11.2 Å². The Morgan fingerprint density at radius 2 is 1.79 bits per heavy atom. The van der Waals surface area contributed by atoms with Crippen molar-refractivity contribution in [2.45, 2.75) is 12.5 Å². The Morgan fingerprint density at radius 1 is 1.07 bits per heavy atom. The van der Waals surface area contributed by atoms with E-state index in [2.05, 4.69) is 0 Å². The smallest absolute Gasteiger partial charge is 0.242 e. The Bertz CT molecular complexity index is 907. The number of amides is 1. The van der Waals surface area contributed by atoms with Gasteiger partial charge in [-0.05, 0) is 47.9 Å². The van der Waals surface area contributed by atoms with Crippen LogP contribution in [-0.4, -0.2) is 44.7 Å². The van der Waals surface area contributed by atoms with E-state index >= 15 is 0 Å². The summed E-state index contributed by atoms with van der Waals surface area (Å²) in [5, 5.41) is 1.13. The van der Waals surface area contributed by atoms with Crippen LogP contribution in [0.4, 0.5) is 5.69 Å². The normalized spacial score (nSPS) is 18.1. The first-order valence-electron chi connectivity index (χ1n) is 8.76. The molecule has 1 amide bonds. The number of carbonyl (C=O) groups is 1. The first kappa shape index (κ1) is 20.9. The SMILES string of the molecule is COc1cc2c(cc1OC)C1CN(c3ccc(Cl)cc3Cl)CC(=O)N1CC2.Cl. The third-order valence-electron chi connectivity index (χ3n) is 5.29. The summed E-state index contributed by atoms with van der Waals surface area (Å²) in [5.41, 5.74) is 3.11. The molecule has 2 aliphatic heterocycles. The molecular weight excluding hydrogens is 423 g/mol. The summed E-state index contributed by atoms with van der Waals surface area (Å²) in [6.07, 6.45) is 0.805. The van der Waals surface area contributed by atoms with Crippen LogP contribution < -0.4 is 14.4 Å². The predicted molar refractivity (Wildman–Crippen MR) is 114 cm³/mol. The van der Waals surface area contributed by atoms with E-state index in [4.69, 9.17) is 32.7 Å². The summed E-state index contributed by atoms with van der Waals surface area (Å²) in [6.45, 7) is 1.67. The van der Waals surface area contributed by atoms with Crippen LogP contribution in [0.25, 0.3) is 0 Å². The number of benzene rings is 2.